The van der Waals surface area contributed by atoms with E-state index in [1.165, 1.54) is 0 Å². The van der Waals surface area contributed by atoms with Crippen molar-refractivity contribution in [1.29, 1.82) is 0 Å². The van der Waals surface area contributed by atoms with E-state index in [0.29, 0.717) is 29.2 Å². The SMILES string of the molecule is COC1CCC(c2ccc(C3CCC(/C=C/c4ccc(C5CO5)cc4F)CC3)c(F)c2F)CC1. The average molecular weight is 471 g/mol. The highest BCUT2D eigenvalue weighted by molar-refractivity contribution is 5.51. The van der Waals surface area contributed by atoms with Gasteiger partial charge in [0.25, 0.3) is 0 Å². The summed E-state index contributed by atoms with van der Waals surface area (Å²) in [7, 11) is 1.71. The molecule has 2 nitrogen and oxygen atoms in total. The Balaban J connectivity index is 1.19. The maximum absolute atomic E-state index is 15.1. The lowest BCUT2D eigenvalue weighted by Crippen LogP contribution is -2.20. The van der Waals surface area contributed by atoms with Gasteiger partial charge in [-0.3, -0.25) is 0 Å². The van der Waals surface area contributed by atoms with Crippen LogP contribution >= 0.6 is 0 Å². The van der Waals surface area contributed by atoms with Gasteiger partial charge in [0.2, 0.25) is 0 Å². The minimum absolute atomic E-state index is 0.0342. The van der Waals surface area contributed by atoms with Gasteiger partial charge in [0, 0.05) is 12.7 Å². The first-order chi connectivity index (χ1) is 16.5. The summed E-state index contributed by atoms with van der Waals surface area (Å²) in [4.78, 5) is 0. The lowest BCUT2D eigenvalue weighted by Gasteiger charge is -2.30. The van der Waals surface area contributed by atoms with Gasteiger partial charge in [-0.15, -0.1) is 0 Å². The molecule has 0 amide bonds. The molecule has 2 saturated carbocycles. The van der Waals surface area contributed by atoms with E-state index in [-0.39, 0.29) is 29.9 Å². The fourth-order valence-electron chi connectivity index (χ4n) is 5.80. The van der Waals surface area contributed by atoms with Crippen molar-refractivity contribution < 1.29 is 22.6 Å². The number of allylic oxidation sites excluding steroid dienone is 1. The van der Waals surface area contributed by atoms with Gasteiger partial charge in [-0.05, 0) is 91.9 Å². The largest absolute Gasteiger partial charge is 0.381 e. The highest BCUT2D eigenvalue weighted by atomic mass is 19.2. The van der Waals surface area contributed by atoms with E-state index in [9.17, 15) is 4.39 Å². The fourth-order valence-corrected chi connectivity index (χ4v) is 5.80. The van der Waals surface area contributed by atoms with Crippen molar-refractivity contribution in [3.05, 3.63) is 76.1 Å². The number of methoxy groups -OCH3 is 1. The monoisotopic (exact) mass is 470 g/mol. The number of hydrogen-bond donors (Lipinski definition) is 0. The van der Waals surface area contributed by atoms with Gasteiger partial charge in [-0.25, -0.2) is 13.2 Å². The Morgan fingerprint density at radius 1 is 0.824 bits per heavy atom. The predicted molar refractivity (Wildman–Crippen MR) is 127 cm³/mol. The molecule has 1 heterocycles. The van der Waals surface area contributed by atoms with E-state index in [1.807, 2.05) is 24.3 Å². The second-order valence-corrected chi connectivity index (χ2v) is 10.2. The minimum Gasteiger partial charge on any atom is -0.381 e. The normalized spacial score (nSPS) is 29.5. The third kappa shape index (κ3) is 5.11. The fraction of sp³-hybridized carbons (Fsp3) is 0.517. The molecule has 5 heteroatoms. The van der Waals surface area contributed by atoms with Crippen LogP contribution in [0.2, 0.25) is 0 Å². The minimum atomic E-state index is -0.660. The summed E-state index contributed by atoms with van der Waals surface area (Å²) in [6, 6.07) is 8.91. The first-order valence-corrected chi connectivity index (χ1v) is 12.6. The summed E-state index contributed by atoms with van der Waals surface area (Å²) in [6.07, 6.45) is 11.1. The Morgan fingerprint density at radius 2 is 1.41 bits per heavy atom. The molecule has 0 bridgehead atoms. The van der Waals surface area contributed by atoms with Gasteiger partial charge in [0.15, 0.2) is 11.6 Å². The molecule has 1 atom stereocenters. The standard InChI is InChI=1S/C29H33F3O2/c1-33-23-12-10-20(11-13-23)25-15-14-24(28(31)29(25)32)19-5-2-18(3-6-19)4-7-21-8-9-22(16-26(21)30)27-17-34-27/h4,7-9,14-16,18-20,23,27H,2-3,5-6,10-13,17H2,1H3/b7-4+. The van der Waals surface area contributed by atoms with Crippen LogP contribution in [0.15, 0.2) is 36.4 Å². The zero-order valence-corrected chi connectivity index (χ0v) is 19.7. The van der Waals surface area contributed by atoms with E-state index in [2.05, 4.69) is 6.08 Å². The van der Waals surface area contributed by atoms with E-state index in [1.54, 1.807) is 19.2 Å². The lowest BCUT2D eigenvalue weighted by atomic mass is 9.77. The Morgan fingerprint density at radius 3 is 1.94 bits per heavy atom. The second-order valence-electron chi connectivity index (χ2n) is 10.2. The molecule has 0 radical (unpaired) electrons. The Bertz CT molecular complexity index is 1030. The molecule has 1 aliphatic heterocycles. The van der Waals surface area contributed by atoms with Gasteiger partial charge >= 0.3 is 0 Å². The Kier molecular flexibility index (Phi) is 7.12. The highest BCUT2D eigenvalue weighted by Crippen LogP contribution is 2.41. The summed E-state index contributed by atoms with van der Waals surface area (Å²) in [5.74, 6) is -1.12. The predicted octanol–water partition coefficient (Wildman–Crippen LogP) is 7.84. The topological polar surface area (TPSA) is 21.8 Å². The molecule has 0 N–H and O–H groups in total. The van der Waals surface area contributed by atoms with Crippen LogP contribution in [0.3, 0.4) is 0 Å². The summed E-state index contributed by atoms with van der Waals surface area (Å²) in [5.41, 5.74) is 2.50. The van der Waals surface area contributed by atoms with E-state index < -0.39 is 11.6 Å². The molecule has 2 aromatic carbocycles. The highest BCUT2D eigenvalue weighted by Gasteiger charge is 2.29. The van der Waals surface area contributed by atoms with E-state index in [4.69, 9.17) is 9.47 Å². The molecular formula is C29H33F3O2. The van der Waals surface area contributed by atoms with Gasteiger partial charge in [-0.2, -0.15) is 0 Å². The first-order valence-electron chi connectivity index (χ1n) is 12.6. The molecule has 0 aromatic heterocycles. The average Bonchev–Trinajstić information content (AvgIpc) is 3.71. The molecule has 1 saturated heterocycles. The summed E-state index contributed by atoms with van der Waals surface area (Å²) in [5, 5.41) is 0. The first kappa shape index (κ1) is 23.6. The van der Waals surface area contributed by atoms with Gasteiger partial charge in [-0.1, -0.05) is 36.4 Å². The summed E-state index contributed by atoms with van der Waals surface area (Å²) in [6.45, 7) is 0.667. The van der Waals surface area contributed by atoms with Gasteiger partial charge < -0.3 is 9.47 Å². The van der Waals surface area contributed by atoms with E-state index in [0.717, 1.165) is 56.9 Å². The summed E-state index contributed by atoms with van der Waals surface area (Å²) >= 11 is 0. The van der Waals surface area contributed by atoms with Crippen molar-refractivity contribution in [1.82, 2.24) is 0 Å². The molecule has 0 spiro atoms. The van der Waals surface area contributed by atoms with Crippen molar-refractivity contribution in [3.8, 4) is 0 Å². The van der Waals surface area contributed by atoms with E-state index >= 15 is 8.78 Å². The van der Waals surface area contributed by atoms with Crippen molar-refractivity contribution in [2.45, 2.75) is 75.4 Å². The molecule has 2 aliphatic carbocycles. The quantitative estimate of drug-likeness (QED) is 0.401. The lowest BCUT2D eigenvalue weighted by molar-refractivity contribution is 0.0655. The van der Waals surface area contributed by atoms with Crippen LogP contribution < -0.4 is 0 Å². The maximum Gasteiger partial charge on any atom is 0.162 e. The number of epoxide rings is 1. The third-order valence-corrected chi connectivity index (χ3v) is 8.08. The maximum atomic E-state index is 15.1. The van der Waals surface area contributed by atoms with Gasteiger partial charge in [0.1, 0.15) is 11.9 Å². The van der Waals surface area contributed by atoms with Crippen molar-refractivity contribution in [2.24, 2.45) is 5.92 Å². The zero-order chi connectivity index (χ0) is 23.7. The zero-order valence-electron chi connectivity index (χ0n) is 19.7. The van der Waals surface area contributed by atoms with Crippen LogP contribution in [0, 0.1) is 23.4 Å². The van der Waals surface area contributed by atoms with Crippen LogP contribution in [-0.2, 0) is 9.47 Å². The van der Waals surface area contributed by atoms with Crippen LogP contribution in [-0.4, -0.2) is 19.8 Å². The van der Waals surface area contributed by atoms with Crippen LogP contribution in [0.5, 0.6) is 0 Å². The number of ether oxygens (including phenoxy) is 2. The molecule has 5 rings (SSSR count). The number of benzene rings is 2. The molecule has 34 heavy (non-hydrogen) atoms. The van der Waals surface area contributed by atoms with Crippen LogP contribution in [0.4, 0.5) is 13.2 Å². The molecule has 3 aliphatic rings. The molecular weight excluding hydrogens is 437 g/mol. The van der Waals surface area contributed by atoms with Crippen molar-refractivity contribution >= 4 is 6.08 Å². The summed E-state index contributed by atoms with van der Waals surface area (Å²) < 4.78 is 55.1. The Hall–Kier alpha value is -2.11. The van der Waals surface area contributed by atoms with Gasteiger partial charge in [0.05, 0.1) is 12.7 Å². The number of rotatable bonds is 6. The second kappa shape index (κ2) is 10.2. The molecule has 1 unspecified atom stereocenters. The number of halogens is 3. The molecule has 2 aromatic rings. The smallest absolute Gasteiger partial charge is 0.162 e. The number of hydrogen-bond acceptors (Lipinski definition) is 2. The van der Waals surface area contributed by atoms with Crippen LogP contribution in [0.1, 0.15) is 91.6 Å². The van der Waals surface area contributed by atoms with Crippen molar-refractivity contribution in [2.75, 3.05) is 13.7 Å². The Labute approximate surface area is 200 Å². The molecule has 3 fully saturated rings. The van der Waals surface area contributed by atoms with Crippen molar-refractivity contribution in [3.63, 3.8) is 0 Å². The van der Waals surface area contributed by atoms with Crippen LogP contribution in [0.25, 0.3) is 6.08 Å². The molecule has 182 valence electrons. The third-order valence-electron chi connectivity index (χ3n) is 8.08.